The first-order valence-electron chi connectivity index (χ1n) is 6.25. The van der Waals surface area contributed by atoms with Gasteiger partial charge in [0.05, 0.1) is 5.69 Å². The van der Waals surface area contributed by atoms with Crippen LogP contribution in [-0.4, -0.2) is 11.7 Å². The van der Waals surface area contributed by atoms with Crippen LogP contribution >= 0.6 is 11.6 Å². The molecule has 1 aliphatic rings. The van der Waals surface area contributed by atoms with Crippen molar-refractivity contribution in [2.45, 2.75) is 11.8 Å². The molecule has 3 nitrogen and oxygen atoms in total. The van der Waals surface area contributed by atoms with Crippen LogP contribution < -0.4 is 5.32 Å². The summed E-state index contributed by atoms with van der Waals surface area (Å²) in [5.74, 6) is -0.884. The van der Waals surface area contributed by atoms with E-state index >= 15 is 0 Å². The average Bonchev–Trinajstić information content (AvgIpc) is 2.47. The lowest BCUT2D eigenvalue weighted by Crippen LogP contribution is -2.46. The third-order valence-corrected chi connectivity index (χ3v) is 4.11. The first-order chi connectivity index (χ1) is 9.55. The van der Waals surface area contributed by atoms with Crippen LogP contribution in [0.15, 0.2) is 48.5 Å². The number of carbonyl (C=O) groups is 2. The number of rotatable bonds is 1. The summed E-state index contributed by atoms with van der Waals surface area (Å²) in [6.45, 7) is 1.84. The zero-order valence-corrected chi connectivity index (χ0v) is 11.6. The number of carbonyl (C=O) groups excluding carboxylic acids is 2. The van der Waals surface area contributed by atoms with Crippen molar-refractivity contribution in [3.63, 3.8) is 0 Å². The molecule has 0 bridgehead atoms. The van der Waals surface area contributed by atoms with Crippen LogP contribution in [0.4, 0.5) is 5.69 Å². The molecule has 2 aromatic rings. The highest BCUT2D eigenvalue weighted by Crippen LogP contribution is 2.40. The van der Waals surface area contributed by atoms with Crippen LogP contribution in [0.25, 0.3) is 0 Å². The Bertz CT molecular complexity index is 712. The van der Waals surface area contributed by atoms with Crippen LogP contribution in [0, 0.1) is 6.92 Å². The Morgan fingerprint density at radius 1 is 1.00 bits per heavy atom. The van der Waals surface area contributed by atoms with Gasteiger partial charge in [0.1, 0.15) is 0 Å². The number of anilines is 1. The molecule has 4 heteroatoms. The van der Waals surface area contributed by atoms with Crippen LogP contribution in [-0.2, 0) is 9.67 Å². The summed E-state index contributed by atoms with van der Waals surface area (Å²) in [5, 5.41) is 2.76. The summed E-state index contributed by atoms with van der Waals surface area (Å²) in [5.41, 5.74) is 2.32. The molecule has 1 aliphatic heterocycles. The number of benzene rings is 2. The van der Waals surface area contributed by atoms with Gasteiger partial charge in [-0.15, -0.1) is 0 Å². The van der Waals surface area contributed by atoms with Gasteiger partial charge in [-0.05, 0) is 24.1 Å². The van der Waals surface area contributed by atoms with E-state index in [-0.39, 0.29) is 5.78 Å². The summed E-state index contributed by atoms with van der Waals surface area (Å²) in [4.78, 5) is 23.4. The number of halogens is 1. The summed E-state index contributed by atoms with van der Waals surface area (Å²) in [7, 11) is 0. The number of para-hydroxylation sites is 1. The third kappa shape index (κ3) is 1.67. The minimum Gasteiger partial charge on any atom is -0.323 e. The van der Waals surface area contributed by atoms with E-state index in [1.54, 1.807) is 36.4 Å². The second-order valence-electron chi connectivity index (χ2n) is 4.81. The standard InChI is InChI=1S/C16H12ClNO2/c1-10-6-5-9-12-13(10)18-15(20)16(17,14(12)19)11-7-3-2-4-8-11/h2-9H,1H3,(H,18,20). The lowest BCUT2D eigenvalue weighted by molar-refractivity contribution is -0.117. The van der Waals surface area contributed by atoms with E-state index < -0.39 is 10.8 Å². The normalized spacial score (nSPS) is 21.3. The largest absolute Gasteiger partial charge is 0.323 e. The van der Waals surface area contributed by atoms with Crippen molar-refractivity contribution < 1.29 is 9.59 Å². The molecule has 0 saturated carbocycles. The summed E-state index contributed by atoms with van der Waals surface area (Å²) >= 11 is 6.42. The van der Waals surface area contributed by atoms with Gasteiger partial charge in [0.15, 0.2) is 5.78 Å². The number of fused-ring (bicyclic) bond motifs is 1. The zero-order valence-electron chi connectivity index (χ0n) is 10.8. The van der Waals surface area contributed by atoms with Gasteiger partial charge in [0.2, 0.25) is 4.87 Å². The molecule has 1 amide bonds. The molecule has 20 heavy (non-hydrogen) atoms. The molecule has 0 aromatic heterocycles. The molecular weight excluding hydrogens is 274 g/mol. The molecule has 0 fully saturated rings. The SMILES string of the molecule is Cc1cccc2c1NC(=O)C(Cl)(c1ccccc1)C2=O. The van der Waals surface area contributed by atoms with Crippen molar-refractivity contribution >= 4 is 29.0 Å². The molecule has 3 rings (SSSR count). The molecule has 0 radical (unpaired) electrons. The Morgan fingerprint density at radius 2 is 1.70 bits per heavy atom. The summed E-state index contributed by atoms with van der Waals surface area (Å²) in [6.07, 6.45) is 0. The number of Topliss-reactive ketones (excluding diaryl/α,β-unsaturated/α-hetero) is 1. The van der Waals surface area contributed by atoms with Gasteiger partial charge in [-0.25, -0.2) is 0 Å². The smallest absolute Gasteiger partial charge is 0.258 e. The second kappa shape index (κ2) is 4.46. The molecule has 2 aromatic carbocycles. The lowest BCUT2D eigenvalue weighted by Gasteiger charge is -2.31. The highest BCUT2D eigenvalue weighted by atomic mass is 35.5. The quantitative estimate of drug-likeness (QED) is 0.646. The maximum absolute atomic E-state index is 12.7. The van der Waals surface area contributed by atoms with E-state index in [1.165, 1.54) is 0 Å². The number of ketones is 1. The topological polar surface area (TPSA) is 46.2 Å². The Balaban J connectivity index is 2.21. The molecule has 1 atom stereocenters. The third-order valence-electron chi connectivity index (χ3n) is 3.55. The second-order valence-corrected chi connectivity index (χ2v) is 5.37. The number of hydrogen-bond acceptors (Lipinski definition) is 2. The lowest BCUT2D eigenvalue weighted by atomic mass is 9.84. The van der Waals surface area contributed by atoms with Crippen LogP contribution in [0.1, 0.15) is 21.5 Å². The van der Waals surface area contributed by atoms with Crippen molar-refractivity contribution in [2.75, 3.05) is 5.32 Å². The fourth-order valence-corrected chi connectivity index (χ4v) is 2.72. The van der Waals surface area contributed by atoms with Gasteiger partial charge in [0, 0.05) is 5.56 Å². The minimum atomic E-state index is -1.69. The number of aryl methyl sites for hydroxylation is 1. The Labute approximate surface area is 121 Å². The fraction of sp³-hybridized carbons (Fsp3) is 0.125. The molecule has 1 heterocycles. The van der Waals surface area contributed by atoms with Crippen molar-refractivity contribution in [2.24, 2.45) is 0 Å². The number of amides is 1. The number of hydrogen-bond donors (Lipinski definition) is 1. The van der Waals surface area contributed by atoms with Gasteiger partial charge in [0.25, 0.3) is 5.91 Å². The minimum absolute atomic E-state index is 0.382. The first kappa shape index (κ1) is 12.9. The van der Waals surface area contributed by atoms with Crippen molar-refractivity contribution in [3.05, 3.63) is 65.2 Å². The summed E-state index contributed by atoms with van der Waals surface area (Å²) < 4.78 is 0. The Hall–Kier alpha value is -2.13. The molecular formula is C16H12ClNO2. The number of alkyl halides is 1. The van der Waals surface area contributed by atoms with Gasteiger partial charge in [-0.2, -0.15) is 0 Å². The monoisotopic (exact) mass is 285 g/mol. The molecule has 0 aliphatic carbocycles. The fourth-order valence-electron chi connectivity index (χ4n) is 2.44. The van der Waals surface area contributed by atoms with Crippen LogP contribution in [0.2, 0.25) is 0 Å². The van der Waals surface area contributed by atoms with Crippen molar-refractivity contribution in [1.29, 1.82) is 0 Å². The van der Waals surface area contributed by atoms with Crippen molar-refractivity contribution in [3.8, 4) is 0 Å². The molecule has 0 saturated heterocycles. The van der Waals surface area contributed by atoms with Crippen LogP contribution in [0.5, 0.6) is 0 Å². The number of nitrogens with one attached hydrogen (secondary N) is 1. The highest BCUT2D eigenvalue weighted by Gasteiger charge is 2.50. The Kier molecular flexibility index (Phi) is 2.87. The molecule has 100 valence electrons. The predicted octanol–water partition coefficient (Wildman–Crippen LogP) is 3.26. The Morgan fingerprint density at radius 3 is 2.40 bits per heavy atom. The van der Waals surface area contributed by atoms with E-state index in [4.69, 9.17) is 11.6 Å². The first-order valence-corrected chi connectivity index (χ1v) is 6.63. The van der Waals surface area contributed by atoms with Gasteiger partial charge in [-0.1, -0.05) is 54.1 Å². The van der Waals surface area contributed by atoms with Gasteiger partial charge >= 0.3 is 0 Å². The van der Waals surface area contributed by atoms with Crippen LogP contribution in [0.3, 0.4) is 0 Å². The van der Waals surface area contributed by atoms with Gasteiger partial charge in [-0.3, -0.25) is 9.59 Å². The maximum atomic E-state index is 12.7. The van der Waals surface area contributed by atoms with E-state index in [0.717, 1.165) is 5.56 Å². The highest BCUT2D eigenvalue weighted by molar-refractivity contribution is 6.51. The van der Waals surface area contributed by atoms with E-state index in [9.17, 15) is 9.59 Å². The summed E-state index contributed by atoms with van der Waals surface area (Å²) in [6, 6.07) is 14.0. The predicted molar refractivity (Wildman–Crippen MR) is 78.1 cm³/mol. The van der Waals surface area contributed by atoms with Gasteiger partial charge < -0.3 is 5.32 Å². The molecule has 1 unspecified atom stereocenters. The molecule has 1 N–H and O–H groups in total. The zero-order chi connectivity index (χ0) is 14.3. The van der Waals surface area contributed by atoms with E-state index in [0.29, 0.717) is 16.8 Å². The maximum Gasteiger partial charge on any atom is 0.258 e. The van der Waals surface area contributed by atoms with Crippen molar-refractivity contribution in [1.82, 2.24) is 0 Å². The van der Waals surface area contributed by atoms with E-state index in [1.807, 2.05) is 19.1 Å². The molecule has 0 spiro atoms. The average molecular weight is 286 g/mol. The van der Waals surface area contributed by atoms with E-state index in [2.05, 4.69) is 5.32 Å².